The summed E-state index contributed by atoms with van der Waals surface area (Å²) >= 11 is 0. The number of rotatable bonds is 4. The number of esters is 1. The van der Waals surface area contributed by atoms with E-state index in [1.807, 2.05) is 0 Å². The van der Waals surface area contributed by atoms with E-state index in [4.69, 9.17) is 0 Å². The van der Waals surface area contributed by atoms with Gasteiger partial charge in [0.1, 0.15) is 28.6 Å². The van der Waals surface area contributed by atoms with Crippen molar-refractivity contribution in [2.24, 2.45) is 0 Å². The average molecular weight is 316 g/mol. The molecule has 0 saturated heterocycles. The minimum atomic E-state index is -1.13. The molecule has 0 amide bonds. The number of benzene rings is 2. The number of para-hydroxylation sites is 1. The molecule has 2 aromatic carbocycles. The van der Waals surface area contributed by atoms with E-state index in [2.05, 4.69) is 4.74 Å². The fraction of sp³-hybridized carbons (Fsp3) is 0.176. The third kappa shape index (κ3) is 2.96. The predicted octanol–water partition coefficient (Wildman–Crippen LogP) is 2.31. The minimum Gasteiger partial charge on any atom is -0.508 e. The van der Waals surface area contributed by atoms with E-state index in [-0.39, 0.29) is 28.2 Å². The highest BCUT2D eigenvalue weighted by atomic mass is 16.5. The molecule has 0 aliphatic heterocycles. The zero-order valence-electron chi connectivity index (χ0n) is 12.6. The molecule has 1 unspecified atom stereocenters. The highest BCUT2D eigenvalue weighted by Crippen LogP contribution is 2.41. The van der Waals surface area contributed by atoms with Gasteiger partial charge in [0.15, 0.2) is 0 Å². The molecule has 0 spiro atoms. The molecule has 0 aliphatic rings. The smallest absolute Gasteiger partial charge is 0.342 e. The van der Waals surface area contributed by atoms with E-state index in [0.717, 1.165) is 13.2 Å². The predicted molar refractivity (Wildman–Crippen MR) is 81.7 cm³/mol. The van der Waals surface area contributed by atoms with Gasteiger partial charge < -0.3 is 20.1 Å². The normalized spacial score (nSPS) is 11.7. The summed E-state index contributed by atoms with van der Waals surface area (Å²) in [5, 5.41) is 30.2. The van der Waals surface area contributed by atoms with Crippen LogP contribution < -0.4 is 0 Å². The van der Waals surface area contributed by atoms with Crippen molar-refractivity contribution in [3.8, 4) is 17.2 Å². The highest BCUT2D eigenvalue weighted by molar-refractivity contribution is 5.99. The van der Waals surface area contributed by atoms with Crippen molar-refractivity contribution >= 4 is 11.8 Å². The van der Waals surface area contributed by atoms with E-state index in [9.17, 15) is 24.9 Å². The van der Waals surface area contributed by atoms with Gasteiger partial charge in [-0.2, -0.15) is 0 Å². The molecule has 2 aromatic rings. The molecular weight excluding hydrogens is 300 g/mol. The van der Waals surface area contributed by atoms with Crippen molar-refractivity contribution in [3.05, 3.63) is 53.1 Å². The number of ether oxygens (including phenoxy) is 1. The number of phenolic OH excluding ortho intramolecular Hbond substituents is 3. The lowest BCUT2D eigenvalue weighted by Crippen LogP contribution is -2.16. The van der Waals surface area contributed by atoms with Gasteiger partial charge in [0.2, 0.25) is 0 Å². The van der Waals surface area contributed by atoms with Crippen molar-refractivity contribution in [1.29, 1.82) is 0 Å². The number of ketones is 1. The molecule has 0 heterocycles. The Labute approximate surface area is 132 Å². The first-order valence-electron chi connectivity index (χ1n) is 6.80. The molecular formula is C17H16O6. The third-order valence-corrected chi connectivity index (χ3v) is 3.53. The van der Waals surface area contributed by atoms with Crippen LogP contribution in [-0.4, -0.2) is 34.2 Å². The summed E-state index contributed by atoms with van der Waals surface area (Å²) in [5.74, 6) is -3.38. The molecule has 0 aromatic heterocycles. The Morgan fingerprint density at radius 3 is 2.13 bits per heavy atom. The summed E-state index contributed by atoms with van der Waals surface area (Å²) in [7, 11) is 1.12. The van der Waals surface area contributed by atoms with E-state index in [0.29, 0.717) is 0 Å². The minimum absolute atomic E-state index is 0.106. The second-order valence-electron chi connectivity index (χ2n) is 4.99. The Balaban J connectivity index is 2.80. The van der Waals surface area contributed by atoms with Gasteiger partial charge in [0, 0.05) is 11.1 Å². The number of Topliss-reactive ketones (excluding diaryl/α,β-unsaturated/α-hetero) is 1. The SMILES string of the molecule is COC(=O)c1c(O)ccc(O)c1C(C(C)=O)c1ccccc1O. The Morgan fingerprint density at radius 2 is 1.57 bits per heavy atom. The standard InChI is InChI=1S/C17H16O6/c1-9(18)14(10-5-3-4-6-11(10)19)15-12(20)7-8-13(21)16(15)17(22)23-2/h3-8,14,19-21H,1-2H3. The van der Waals surface area contributed by atoms with Crippen molar-refractivity contribution in [2.45, 2.75) is 12.8 Å². The molecule has 0 aliphatic carbocycles. The molecule has 2 rings (SSSR count). The molecule has 0 bridgehead atoms. The van der Waals surface area contributed by atoms with Crippen LogP contribution in [0.25, 0.3) is 0 Å². The van der Waals surface area contributed by atoms with Crippen LogP contribution >= 0.6 is 0 Å². The zero-order chi connectivity index (χ0) is 17.1. The molecule has 0 saturated carbocycles. The fourth-order valence-corrected chi connectivity index (χ4v) is 2.52. The molecule has 23 heavy (non-hydrogen) atoms. The van der Waals surface area contributed by atoms with E-state index in [1.54, 1.807) is 12.1 Å². The second kappa shape index (κ2) is 6.39. The number of aromatic hydroxyl groups is 3. The van der Waals surface area contributed by atoms with Gasteiger partial charge in [-0.05, 0) is 25.1 Å². The van der Waals surface area contributed by atoms with Crippen molar-refractivity contribution in [2.75, 3.05) is 7.11 Å². The first-order chi connectivity index (χ1) is 10.9. The number of methoxy groups -OCH3 is 1. The van der Waals surface area contributed by atoms with E-state index < -0.39 is 23.4 Å². The van der Waals surface area contributed by atoms with Gasteiger partial charge in [-0.3, -0.25) is 4.79 Å². The van der Waals surface area contributed by atoms with E-state index >= 15 is 0 Å². The zero-order valence-corrected chi connectivity index (χ0v) is 12.6. The number of carbonyl (C=O) groups excluding carboxylic acids is 2. The first kappa shape index (κ1) is 16.4. The summed E-state index contributed by atoms with van der Waals surface area (Å²) in [5.41, 5.74) is -0.201. The molecule has 0 radical (unpaired) electrons. The van der Waals surface area contributed by atoms with Crippen LogP contribution in [0.4, 0.5) is 0 Å². The Hall–Kier alpha value is -3.02. The summed E-state index contributed by atoms with van der Waals surface area (Å²) in [6.07, 6.45) is 0. The maximum absolute atomic E-state index is 12.2. The van der Waals surface area contributed by atoms with Gasteiger partial charge >= 0.3 is 5.97 Å². The van der Waals surface area contributed by atoms with Gasteiger partial charge in [-0.15, -0.1) is 0 Å². The van der Waals surface area contributed by atoms with Crippen LogP contribution in [-0.2, 0) is 9.53 Å². The molecule has 1 atom stereocenters. The lowest BCUT2D eigenvalue weighted by molar-refractivity contribution is -0.117. The lowest BCUT2D eigenvalue weighted by Gasteiger charge is -2.20. The fourth-order valence-electron chi connectivity index (χ4n) is 2.52. The van der Waals surface area contributed by atoms with Crippen molar-refractivity contribution in [3.63, 3.8) is 0 Å². The second-order valence-corrected chi connectivity index (χ2v) is 4.99. The summed E-state index contributed by atoms with van der Waals surface area (Å²) in [4.78, 5) is 24.2. The van der Waals surface area contributed by atoms with Crippen molar-refractivity contribution in [1.82, 2.24) is 0 Å². The molecule has 6 heteroatoms. The molecule has 3 N–H and O–H groups in total. The maximum Gasteiger partial charge on any atom is 0.342 e. The Kier molecular flexibility index (Phi) is 4.55. The summed E-state index contributed by atoms with van der Waals surface area (Å²) < 4.78 is 4.62. The maximum atomic E-state index is 12.2. The topological polar surface area (TPSA) is 104 Å². The molecule has 120 valence electrons. The number of hydrogen-bond acceptors (Lipinski definition) is 6. The van der Waals surface area contributed by atoms with Crippen molar-refractivity contribution < 1.29 is 29.6 Å². The van der Waals surface area contributed by atoms with E-state index in [1.165, 1.54) is 25.1 Å². The summed E-state index contributed by atoms with van der Waals surface area (Å²) in [6, 6.07) is 8.40. The highest BCUT2D eigenvalue weighted by Gasteiger charge is 2.32. The van der Waals surface area contributed by atoms with Crippen LogP contribution in [0.1, 0.15) is 34.3 Å². The monoisotopic (exact) mass is 316 g/mol. The summed E-state index contributed by atoms with van der Waals surface area (Å²) in [6.45, 7) is 1.27. The number of hydrogen-bond donors (Lipinski definition) is 3. The number of carbonyl (C=O) groups is 2. The largest absolute Gasteiger partial charge is 0.508 e. The molecule has 6 nitrogen and oxygen atoms in total. The van der Waals surface area contributed by atoms with Gasteiger partial charge in [0.25, 0.3) is 0 Å². The van der Waals surface area contributed by atoms with Crippen LogP contribution in [0.15, 0.2) is 36.4 Å². The van der Waals surface area contributed by atoms with Gasteiger partial charge in [0.05, 0.1) is 13.0 Å². The molecule has 0 fully saturated rings. The Bertz CT molecular complexity index is 766. The van der Waals surface area contributed by atoms with Crippen LogP contribution in [0, 0.1) is 0 Å². The van der Waals surface area contributed by atoms with Crippen LogP contribution in [0.3, 0.4) is 0 Å². The Morgan fingerprint density at radius 1 is 0.957 bits per heavy atom. The number of phenols is 3. The van der Waals surface area contributed by atoms with Gasteiger partial charge in [-0.25, -0.2) is 4.79 Å². The first-order valence-corrected chi connectivity index (χ1v) is 6.80. The van der Waals surface area contributed by atoms with Crippen LogP contribution in [0.5, 0.6) is 17.2 Å². The van der Waals surface area contributed by atoms with Crippen LogP contribution in [0.2, 0.25) is 0 Å². The lowest BCUT2D eigenvalue weighted by atomic mass is 9.84. The van der Waals surface area contributed by atoms with Gasteiger partial charge in [-0.1, -0.05) is 18.2 Å². The quantitative estimate of drug-likeness (QED) is 0.590. The average Bonchev–Trinajstić information content (AvgIpc) is 2.52. The third-order valence-electron chi connectivity index (χ3n) is 3.53.